The molecule has 0 aliphatic heterocycles. The molecule has 0 saturated heterocycles. The van der Waals surface area contributed by atoms with Crippen molar-refractivity contribution in [3.05, 3.63) is 161 Å². The molecule has 0 fully saturated rings. The van der Waals surface area contributed by atoms with E-state index in [4.69, 9.17) is 0 Å². The van der Waals surface area contributed by atoms with Crippen molar-refractivity contribution in [2.45, 2.75) is 62.3 Å². The number of thiazole rings is 1. The van der Waals surface area contributed by atoms with Crippen LogP contribution in [0.25, 0.3) is 10.8 Å². The van der Waals surface area contributed by atoms with Crippen LogP contribution in [0.2, 0.25) is 0 Å². The molecule has 7 aromatic rings. The first-order valence-electron chi connectivity index (χ1n) is 15.5. The van der Waals surface area contributed by atoms with E-state index < -0.39 is 0 Å². The Morgan fingerprint density at radius 1 is 0.644 bits per heavy atom. The number of aromatic nitrogens is 3. The highest BCUT2D eigenvalue weighted by Gasteiger charge is 1.92. The summed E-state index contributed by atoms with van der Waals surface area (Å²) < 4.78 is 6.67. The summed E-state index contributed by atoms with van der Waals surface area (Å²) in [6, 6.07) is 30.5. The smallest absolute Gasteiger partial charge is 0.0902 e. The van der Waals surface area contributed by atoms with Crippen molar-refractivity contribution in [3.8, 4) is 0 Å². The molecular formula is C39H55N3OS2. The first-order valence-corrected chi connectivity index (χ1v) is 17.3. The molecule has 6 heteroatoms. The predicted molar refractivity (Wildman–Crippen MR) is 204 cm³/mol. The number of rotatable bonds is 0. The van der Waals surface area contributed by atoms with Crippen LogP contribution < -0.4 is 0 Å². The second-order valence-corrected chi connectivity index (χ2v) is 9.99. The van der Waals surface area contributed by atoms with Crippen molar-refractivity contribution in [1.29, 1.82) is 0 Å². The molecule has 0 saturated carbocycles. The van der Waals surface area contributed by atoms with Gasteiger partial charge in [-0.2, -0.15) is 11.3 Å². The Morgan fingerprint density at radius 2 is 1.24 bits per heavy atom. The van der Waals surface area contributed by atoms with Crippen LogP contribution in [0.4, 0.5) is 0 Å². The molecule has 0 amide bonds. The Labute approximate surface area is 281 Å². The lowest BCUT2D eigenvalue weighted by Crippen LogP contribution is -1.84. The molecule has 0 spiro atoms. The van der Waals surface area contributed by atoms with Gasteiger partial charge in [-0.1, -0.05) is 96.1 Å². The number of benzene rings is 2. The number of aryl methyl sites for hydroxylation is 4. The molecule has 45 heavy (non-hydrogen) atoms. The van der Waals surface area contributed by atoms with Crippen LogP contribution in [0.15, 0.2) is 149 Å². The molecule has 5 aromatic heterocycles. The van der Waals surface area contributed by atoms with Gasteiger partial charge in [-0.15, -0.1) is 11.3 Å². The van der Waals surface area contributed by atoms with Crippen LogP contribution in [0, 0.1) is 20.8 Å². The number of thiophene rings is 1. The number of H-pyrrole nitrogens is 1. The molecular weight excluding hydrogens is 591 g/mol. The minimum atomic E-state index is 1.13. The summed E-state index contributed by atoms with van der Waals surface area (Å²) in [5, 5.41) is 9.87. The molecule has 0 bridgehead atoms. The van der Waals surface area contributed by atoms with Gasteiger partial charge in [-0.3, -0.25) is 4.98 Å². The molecule has 244 valence electrons. The summed E-state index contributed by atoms with van der Waals surface area (Å²) in [6.07, 6.45) is 10.8. The van der Waals surface area contributed by atoms with Crippen LogP contribution in [-0.4, -0.2) is 14.5 Å². The van der Waals surface area contributed by atoms with E-state index in [1.54, 1.807) is 41.4 Å². The van der Waals surface area contributed by atoms with Crippen molar-refractivity contribution in [3.63, 3.8) is 0 Å². The second-order valence-electron chi connectivity index (χ2n) is 8.08. The number of hydrogen-bond acceptors (Lipinski definition) is 4. The molecule has 5 heterocycles. The van der Waals surface area contributed by atoms with Gasteiger partial charge in [0.05, 0.1) is 17.5 Å². The van der Waals surface area contributed by atoms with Gasteiger partial charge in [0.1, 0.15) is 0 Å². The summed E-state index contributed by atoms with van der Waals surface area (Å²) in [7, 11) is 2.04. The summed E-state index contributed by atoms with van der Waals surface area (Å²) in [4.78, 5) is 6.80. The van der Waals surface area contributed by atoms with E-state index in [9.17, 15) is 0 Å². The molecule has 1 N–H and O–H groups in total. The summed E-state index contributed by atoms with van der Waals surface area (Å²) >= 11 is 3.38. The standard InChI is InChI=1S/C11H10.C6H9N.C4H5NS.C4H5N.C4H4O.C4H4S.3C2H6/c1-9-5-4-7-10-6-2-3-8-11(9)10;1-6-4-3-5-7(6)2;1-4-5-2-3-6-4;3*1-2-4-5-3-1;3*1-2/h2-8H,1H3;3-5H,1-2H3;2-3H,1H3;1-5H;2*1-4H;3*1-2H3. The van der Waals surface area contributed by atoms with E-state index in [0.717, 1.165) is 5.01 Å². The van der Waals surface area contributed by atoms with Crippen LogP contribution in [0.5, 0.6) is 0 Å². The third kappa shape index (κ3) is 23.9. The minimum Gasteiger partial charge on any atom is -0.473 e. The highest BCUT2D eigenvalue weighted by molar-refractivity contribution is 7.09. The molecule has 2 aromatic carbocycles. The number of furan rings is 1. The lowest BCUT2D eigenvalue weighted by Gasteiger charge is -1.98. The molecule has 0 atom stereocenters. The topological polar surface area (TPSA) is 46.8 Å². The fourth-order valence-corrected chi connectivity index (χ4v) is 3.85. The number of nitrogens with zero attached hydrogens (tertiary/aromatic N) is 2. The maximum Gasteiger partial charge on any atom is 0.0902 e. The second kappa shape index (κ2) is 32.8. The molecule has 0 unspecified atom stereocenters. The van der Waals surface area contributed by atoms with E-state index in [-0.39, 0.29) is 0 Å². The molecule has 0 aliphatic rings. The minimum absolute atomic E-state index is 1.13. The maximum atomic E-state index is 4.58. The SMILES string of the molecule is CC.CC.CC.Cc1cccc2ccccc12.Cc1cccn1C.Cc1nccs1.c1cc[nH]c1.c1ccoc1.c1ccsc1. The van der Waals surface area contributed by atoms with Gasteiger partial charge in [0.2, 0.25) is 0 Å². The zero-order valence-corrected chi connectivity index (χ0v) is 30.6. The third-order valence-electron chi connectivity index (χ3n) is 5.11. The Hall–Kier alpha value is -4.13. The normalized spacial score (nSPS) is 8.22. The molecule has 0 radical (unpaired) electrons. The van der Waals surface area contributed by atoms with Gasteiger partial charge in [-0.05, 0) is 84.3 Å². The van der Waals surface area contributed by atoms with Gasteiger partial charge in [0.25, 0.3) is 0 Å². The Kier molecular flexibility index (Phi) is 31.3. The first kappa shape index (κ1) is 43.0. The van der Waals surface area contributed by atoms with Crippen LogP contribution in [0.3, 0.4) is 0 Å². The van der Waals surface area contributed by atoms with Gasteiger partial charge < -0.3 is 14.0 Å². The van der Waals surface area contributed by atoms with E-state index in [1.165, 1.54) is 22.0 Å². The van der Waals surface area contributed by atoms with Crippen LogP contribution >= 0.6 is 22.7 Å². The first-order chi connectivity index (χ1) is 22.1. The average Bonchev–Trinajstić information content (AvgIpc) is 3.94. The van der Waals surface area contributed by atoms with E-state index in [2.05, 4.69) is 81.3 Å². The molecule has 4 nitrogen and oxygen atoms in total. The summed E-state index contributed by atoms with van der Waals surface area (Å²) in [5.74, 6) is 0. The Bertz CT molecular complexity index is 1300. The fraction of sp³-hybridized carbons (Fsp3) is 0.256. The van der Waals surface area contributed by atoms with Crippen molar-refractivity contribution in [2.75, 3.05) is 0 Å². The number of nitrogens with one attached hydrogen (secondary N) is 1. The Morgan fingerprint density at radius 3 is 1.56 bits per heavy atom. The quantitative estimate of drug-likeness (QED) is 0.178. The highest BCUT2D eigenvalue weighted by atomic mass is 32.1. The summed E-state index contributed by atoms with van der Waals surface area (Å²) in [5.41, 5.74) is 2.66. The predicted octanol–water partition coefficient (Wildman–Crippen LogP) is 13.1. The Balaban J connectivity index is 0. The molecule has 7 rings (SSSR count). The van der Waals surface area contributed by atoms with E-state index >= 15 is 0 Å². The fourth-order valence-electron chi connectivity index (χ4n) is 2.96. The monoisotopic (exact) mass is 645 g/mol. The van der Waals surface area contributed by atoms with E-state index in [1.807, 2.05) is 133 Å². The summed E-state index contributed by atoms with van der Waals surface area (Å²) in [6.45, 7) is 18.2. The van der Waals surface area contributed by atoms with Crippen molar-refractivity contribution >= 4 is 33.4 Å². The van der Waals surface area contributed by atoms with E-state index in [0.29, 0.717) is 0 Å². The maximum absolute atomic E-state index is 4.58. The number of hydrogen-bond donors (Lipinski definition) is 1. The number of aromatic amines is 1. The van der Waals surface area contributed by atoms with Gasteiger partial charge in [0.15, 0.2) is 0 Å². The zero-order valence-electron chi connectivity index (χ0n) is 29.0. The lowest BCUT2D eigenvalue weighted by atomic mass is 10.1. The van der Waals surface area contributed by atoms with Crippen molar-refractivity contribution in [2.24, 2.45) is 7.05 Å². The third-order valence-corrected chi connectivity index (χ3v) is 6.45. The van der Waals surface area contributed by atoms with Gasteiger partial charge >= 0.3 is 0 Å². The highest BCUT2D eigenvalue weighted by Crippen LogP contribution is 2.16. The van der Waals surface area contributed by atoms with Gasteiger partial charge in [-0.25, -0.2) is 0 Å². The van der Waals surface area contributed by atoms with Crippen molar-refractivity contribution in [1.82, 2.24) is 14.5 Å². The largest absolute Gasteiger partial charge is 0.473 e. The zero-order chi connectivity index (χ0) is 34.0. The van der Waals surface area contributed by atoms with Gasteiger partial charge in [0, 0.05) is 42.9 Å². The lowest BCUT2D eigenvalue weighted by molar-refractivity contribution is 0.567. The number of fused-ring (bicyclic) bond motifs is 1. The average molecular weight is 646 g/mol. The van der Waals surface area contributed by atoms with Crippen LogP contribution in [0.1, 0.15) is 57.8 Å². The molecule has 0 aliphatic carbocycles. The van der Waals surface area contributed by atoms with Crippen molar-refractivity contribution < 1.29 is 4.42 Å². The van der Waals surface area contributed by atoms with Crippen LogP contribution in [-0.2, 0) is 7.05 Å².